The van der Waals surface area contributed by atoms with Gasteiger partial charge in [0.1, 0.15) is 0 Å². The fourth-order valence-corrected chi connectivity index (χ4v) is 3.23. The molecule has 0 saturated carbocycles. The molecule has 1 saturated heterocycles. The number of carbonyl (C=O) groups is 1. The second-order valence-corrected chi connectivity index (χ2v) is 7.11. The van der Waals surface area contributed by atoms with E-state index < -0.39 is 0 Å². The molecule has 7 heteroatoms. The van der Waals surface area contributed by atoms with Crippen molar-refractivity contribution in [2.75, 3.05) is 13.1 Å². The number of hydrogen-bond donors (Lipinski definition) is 0. The maximum absolute atomic E-state index is 12.3. The van der Waals surface area contributed by atoms with Gasteiger partial charge in [-0.2, -0.15) is 4.98 Å². The van der Waals surface area contributed by atoms with Crippen LogP contribution in [-0.2, 0) is 4.79 Å². The third-order valence-corrected chi connectivity index (χ3v) is 4.96. The second-order valence-electron chi connectivity index (χ2n) is 6.26. The quantitative estimate of drug-likeness (QED) is 0.597. The van der Waals surface area contributed by atoms with E-state index in [1.54, 1.807) is 29.2 Å². The van der Waals surface area contributed by atoms with Gasteiger partial charge in [0.2, 0.25) is 17.6 Å². The van der Waals surface area contributed by atoms with E-state index in [0.29, 0.717) is 34.8 Å². The predicted molar refractivity (Wildman–Crippen MR) is 105 cm³/mol. The van der Waals surface area contributed by atoms with E-state index in [4.69, 9.17) is 27.7 Å². The van der Waals surface area contributed by atoms with Gasteiger partial charge in [0.25, 0.3) is 0 Å². The molecule has 0 radical (unpaired) electrons. The molecule has 4 rings (SSSR count). The van der Waals surface area contributed by atoms with E-state index in [1.165, 1.54) is 6.08 Å². The standard InChI is InChI=1S/C20H15Cl2N3O2/c21-16-6-3-5-14(10-16)19-23-20(27-24-19)15-11-25(12-15)18(26)9-8-13-4-1-2-7-17(13)22/h1-10,15H,11-12H2/b9-8+. The maximum atomic E-state index is 12.3. The fraction of sp³-hybridized carbons (Fsp3) is 0.150. The van der Waals surface area contributed by atoms with Gasteiger partial charge in [-0.15, -0.1) is 0 Å². The van der Waals surface area contributed by atoms with Crippen LogP contribution in [0.1, 0.15) is 17.4 Å². The number of amides is 1. The Hall–Kier alpha value is -2.63. The van der Waals surface area contributed by atoms with Crippen LogP contribution in [0.15, 0.2) is 59.1 Å². The average molecular weight is 400 g/mol. The van der Waals surface area contributed by atoms with Gasteiger partial charge in [0, 0.05) is 34.8 Å². The highest BCUT2D eigenvalue weighted by atomic mass is 35.5. The van der Waals surface area contributed by atoms with Gasteiger partial charge < -0.3 is 9.42 Å². The lowest BCUT2D eigenvalue weighted by Crippen LogP contribution is -2.47. The van der Waals surface area contributed by atoms with E-state index in [-0.39, 0.29) is 11.8 Å². The largest absolute Gasteiger partial charge is 0.339 e. The van der Waals surface area contributed by atoms with Crippen molar-refractivity contribution in [2.24, 2.45) is 0 Å². The van der Waals surface area contributed by atoms with Crippen LogP contribution < -0.4 is 0 Å². The molecule has 2 aromatic carbocycles. The van der Waals surface area contributed by atoms with Crippen molar-refractivity contribution in [2.45, 2.75) is 5.92 Å². The van der Waals surface area contributed by atoms with Crippen molar-refractivity contribution < 1.29 is 9.32 Å². The number of nitrogens with zero attached hydrogens (tertiary/aromatic N) is 3. The smallest absolute Gasteiger partial charge is 0.246 e. The summed E-state index contributed by atoms with van der Waals surface area (Å²) in [5.41, 5.74) is 1.61. The highest BCUT2D eigenvalue weighted by molar-refractivity contribution is 6.32. The zero-order valence-corrected chi connectivity index (χ0v) is 15.7. The Labute approximate surface area is 166 Å². The van der Waals surface area contributed by atoms with Crippen molar-refractivity contribution in [3.05, 3.63) is 76.1 Å². The summed E-state index contributed by atoms with van der Waals surface area (Å²) in [5, 5.41) is 5.24. The number of hydrogen-bond acceptors (Lipinski definition) is 4. The molecule has 1 amide bonds. The SMILES string of the molecule is O=C(/C=C/c1ccccc1Cl)N1CC(c2nc(-c3cccc(Cl)c3)no2)C1. The average Bonchev–Trinajstić information content (AvgIpc) is 3.09. The lowest BCUT2D eigenvalue weighted by molar-refractivity contribution is -0.130. The first-order chi connectivity index (χ1) is 13.1. The zero-order chi connectivity index (χ0) is 18.8. The van der Waals surface area contributed by atoms with Crippen LogP contribution >= 0.6 is 23.2 Å². The van der Waals surface area contributed by atoms with Gasteiger partial charge in [0.15, 0.2) is 0 Å². The summed E-state index contributed by atoms with van der Waals surface area (Å²) in [4.78, 5) is 18.4. The monoisotopic (exact) mass is 399 g/mol. The molecule has 3 aromatic rings. The van der Waals surface area contributed by atoms with Crippen LogP contribution in [0.3, 0.4) is 0 Å². The first-order valence-electron chi connectivity index (χ1n) is 8.41. The van der Waals surface area contributed by atoms with Crippen molar-refractivity contribution in [1.82, 2.24) is 15.0 Å². The topological polar surface area (TPSA) is 59.2 Å². The van der Waals surface area contributed by atoms with Gasteiger partial charge in [0.05, 0.1) is 5.92 Å². The summed E-state index contributed by atoms with van der Waals surface area (Å²) in [6.07, 6.45) is 3.25. The number of carbonyl (C=O) groups excluding carboxylic acids is 1. The normalized spacial score (nSPS) is 14.5. The summed E-state index contributed by atoms with van der Waals surface area (Å²) in [7, 11) is 0. The van der Waals surface area contributed by atoms with Crippen LogP contribution in [0.25, 0.3) is 17.5 Å². The highest BCUT2D eigenvalue weighted by Gasteiger charge is 2.34. The van der Waals surface area contributed by atoms with Gasteiger partial charge >= 0.3 is 0 Å². The molecule has 0 spiro atoms. The summed E-state index contributed by atoms with van der Waals surface area (Å²) in [6, 6.07) is 14.7. The van der Waals surface area contributed by atoms with Gasteiger partial charge in [-0.1, -0.05) is 58.7 Å². The van der Waals surface area contributed by atoms with Crippen molar-refractivity contribution in [1.29, 1.82) is 0 Å². The Morgan fingerprint density at radius 3 is 2.74 bits per heavy atom. The molecule has 0 bridgehead atoms. The van der Waals surface area contributed by atoms with Gasteiger partial charge in [-0.25, -0.2) is 0 Å². The molecule has 0 unspecified atom stereocenters. The zero-order valence-electron chi connectivity index (χ0n) is 14.2. The predicted octanol–water partition coefficient (Wildman–Crippen LogP) is 4.68. The number of benzene rings is 2. The maximum Gasteiger partial charge on any atom is 0.246 e. The van der Waals surface area contributed by atoms with Crippen molar-refractivity contribution in [3.8, 4) is 11.4 Å². The minimum atomic E-state index is -0.0688. The van der Waals surface area contributed by atoms with Crippen molar-refractivity contribution >= 4 is 35.2 Å². The Morgan fingerprint density at radius 2 is 1.96 bits per heavy atom. The van der Waals surface area contributed by atoms with Crippen LogP contribution in [0.5, 0.6) is 0 Å². The molecular weight excluding hydrogens is 385 g/mol. The Kier molecular flexibility index (Phi) is 4.97. The third kappa shape index (κ3) is 3.89. The van der Waals surface area contributed by atoms with E-state index in [9.17, 15) is 4.79 Å². The molecule has 1 aliphatic heterocycles. The molecule has 2 heterocycles. The van der Waals surface area contributed by atoms with Crippen LogP contribution in [0.4, 0.5) is 0 Å². The first kappa shape index (κ1) is 17.8. The molecule has 0 N–H and O–H groups in total. The molecule has 0 aliphatic carbocycles. The Balaban J connectivity index is 1.37. The van der Waals surface area contributed by atoms with Crippen LogP contribution in [-0.4, -0.2) is 34.0 Å². The van der Waals surface area contributed by atoms with Crippen LogP contribution in [0.2, 0.25) is 10.0 Å². The van der Waals surface area contributed by atoms with E-state index in [1.807, 2.05) is 30.3 Å². The van der Waals surface area contributed by atoms with E-state index in [0.717, 1.165) is 11.1 Å². The van der Waals surface area contributed by atoms with Crippen LogP contribution in [0, 0.1) is 0 Å². The third-order valence-electron chi connectivity index (χ3n) is 4.38. The summed E-state index contributed by atoms with van der Waals surface area (Å²) >= 11 is 12.1. The number of halogens is 2. The summed E-state index contributed by atoms with van der Waals surface area (Å²) in [5.74, 6) is 1.00. The molecule has 1 fully saturated rings. The summed E-state index contributed by atoms with van der Waals surface area (Å²) in [6.45, 7) is 1.09. The molecule has 1 aromatic heterocycles. The number of rotatable bonds is 4. The van der Waals surface area contributed by atoms with E-state index >= 15 is 0 Å². The minimum absolute atomic E-state index is 0.0445. The van der Waals surface area contributed by atoms with Crippen molar-refractivity contribution in [3.63, 3.8) is 0 Å². The summed E-state index contributed by atoms with van der Waals surface area (Å²) < 4.78 is 5.36. The Bertz CT molecular complexity index is 1010. The fourth-order valence-electron chi connectivity index (χ4n) is 2.84. The first-order valence-corrected chi connectivity index (χ1v) is 9.17. The lowest BCUT2D eigenvalue weighted by Gasteiger charge is -2.36. The van der Waals surface area contributed by atoms with E-state index in [2.05, 4.69) is 10.1 Å². The Morgan fingerprint density at radius 1 is 1.15 bits per heavy atom. The van der Waals surface area contributed by atoms with Gasteiger partial charge in [-0.05, 0) is 29.8 Å². The molecular formula is C20H15Cl2N3O2. The lowest BCUT2D eigenvalue weighted by atomic mass is 10.00. The molecule has 136 valence electrons. The molecule has 1 aliphatic rings. The number of likely N-dealkylation sites (tertiary alicyclic amines) is 1. The minimum Gasteiger partial charge on any atom is -0.339 e. The highest BCUT2D eigenvalue weighted by Crippen LogP contribution is 2.28. The molecule has 0 atom stereocenters. The second kappa shape index (κ2) is 7.55. The number of aromatic nitrogens is 2. The molecule has 27 heavy (non-hydrogen) atoms. The van der Waals surface area contributed by atoms with Gasteiger partial charge in [-0.3, -0.25) is 4.79 Å². The molecule has 5 nitrogen and oxygen atoms in total.